The Hall–Kier alpha value is -1.47. The fourth-order valence-electron chi connectivity index (χ4n) is 4.71. The summed E-state index contributed by atoms with van der Waals surface area (Å²) in [6.45, 7) is 5.93. The van der Waals surface area contributed by atoms with Crippen molar-refractivity contribution in [1.29, 1.82) is 0 Å². The van der Waals surface area contributed by atoms with Crippen LogP contribution in [0.1, 0.15) is 36.8 Å². The van der Waals surface area contributed by atoms with Gasteiger partial charge in [-0.05, 0) is 52.5 Å². The van der Waals surface area contributed by atoms with Crippen LogP contribution >= 0.6 is 0 Å². The normalized spacial score (nSPS) is 25.9. The minimum atomic E-state index is -2.23. The van der Waals surface area contributed by atoms with Crippen LogP contribution in [0.15, 0.2) is 55.1 Å². The molecule has 27 heavy (non-hydrogen) atoms. The molecule has 0 N–H and O–H groups in total. The summed E-state index contributed by atoms with van der Waals surface area (Å²) in [5.74, 6) is 0. The largest absolute Gasteiger partial charge is 0.420 e. The third kappa shape index (κ3) is 3.90. The van der Waals surface area contributed by atoms with Gasteiger partial charge in [-0.2, -0.15) is 0 Å². The predicted molar refractivity (Wildman–Crippen MR) is 119 cm³/mol. The molecule has 0 aliphatic carbocycles. The predicted octanol–water partition coefficient (Wildman–Crippen LogP) is 3.82. The Morgan fingerprint density at radius 1 is 0.926 bits per heavy atom. The first-order valence-electron chi connectivity index (χ1n) is 10.4. The molecule has 142 valence electrons. The molecule has 4 heteroatoms. The first-order chi connectivity index (χ1) is 13.3. The summed E-state index contributed by atoms with van der Waals surface area (Å²) < 4.78 is 13.0. The Labute approximate surface area is 166 Å². The van der Waals surface area contributed by atoms with E-state index >= 15 is 0 Å². The smallest absolute Gasteiger partial charge is 0.256 e. The van der Waals surface area contributed by atoms with Crippen molar-refractivity contribution in [2.45, 2.75) is 43.8 Å². The van der Waals surface area contributed by atoms with Crippen molar-refractivity contribution in [3.8, 4) is 0 Å². The molecular weight excluding hydrogens is 364 g/mol. The van der Waals surface area contributed by atoms with Gasteiger partial charge in [0.05, 0.1) is 0 Å². The quantitative estimate of drug-likeness (QED) is 0.718. The van der Waals surface area contributed by atoms with E-state index in [-0.39, 0.29) is 0 Å². The van der Waals surface area contributed by atoms with E-state index in [1.54, 1.807) is 0 Å². The highest BCUT2D eigenvalue weighted by atomic mass is 28.4. The van der Waals surface area contributed by atoms with Gasteiger partial charge >= 0.3 is 0 Å². The van der Waals surface area contributed by atoms with Crippen LogP contribution in [0.5, 0.6) is 0 Å². The molecule has 4 rings (SSSR count). The summed E-state index contributed by atoms with van der Waals surface area (Å²) in [4.78, 5) is 0. The second-order valence-corrected chi connectivity index (χ2v) is 13.9. The highest BCUT2D eigenvalue weighted by molar-refractivity contribution is 6.98. The Morgan fingerprint density at radius 3 is 2.44 bits per heavy atom. The molecule has 0 amide bonds. The lowest BCUT2D eigenvalue weighted by Gasteiger charge is -2.38. The van der Waals surface area contributed by atoms with Crippen LogP contribution < -0.4 is 10.4 Å². The Morgan fingerprint density at radius 2 is 1.70 bits per heavy atom. The molecule has 2 aromatic rings. The monoisotopic (exact) mass is 394 g/mol. The molecule has 0 radical (unpaired) electrons. The lowest BCUT2D eigenvalue weighted by Crippen LogP contribution is -2.64. The summed E-state index contributed by atoms with van der Waals surface area (Å²) in [5, 5.41) is 2.89. The first kappa shape index (κ1) is 18.9. The van der Waals surface area contributed by atoms with Crippen molar-refractivity contribution in [2.75, 3.05) is 13.2 Å². The zero-order chi connectivity index (χ0) is 18.5. The molecule has 2 heterocycles. The third-order valence-electron chi connectivity index (χ3n) is 6.06. The minimum Gasteiger partial charge on any atom is -0.420 e. The van der Waals surface area contributed by atoms with E-state index in [4.69, 9.17) is 8.85 Å². The van der Waals surface area contributed by atoms with E-state index in [1.807, 2.05) is 6.08 Å². The van der Waals surface area contributed by atoms with Gasteiger partial charge in [0.15, 0.2) is 9.04 Å². The molecule has 2 fully saturated rings. The lowest BCUT2D eigenvalue weighted by atomic mass is 10.2. The zero-order valence-electron chi connectivity index (χ0n) is 16.2. The van der Waals surface area contributed by atoms with Gasteiger partial charge in [0, 0.05) is 13.2 Å². The van der Waals surface area contributed by atoms with Gasteiger partial charge in [-0.1, -0.05) is 74.0 Å². The average molecular weight is 395 g/mol. The number of hydrogen-bond acceptors (Lipinski definition) is 2. The number of rotatable bonds is 5. The summed E-state index contributed by atoms with van der Waals surface area (Å²) in [6, 6.07) is 21.5. The summed E-state index contributed by atoms with van der Waals surface area (Å²) in [6.07, 6.45) is 7.01. The highest BCUT2D eigenvalue weighted by Gasteiger charge is 2.43. The van der Waals surface area contributed by atoms with Gasteiger partial charge in [0.25, 0.3) is 8.32 Å². The van der Waals surface area contributed by atoms with Crippen LogP contribution in [0, 0.1) is 0 Å². The number of benzene rings is 2. The molecule has 2 aliphatic rings. The molecule has 2 aromatic carbocycles. The fourth-order valence-corrected chi connectivity index (χ4v) is 12.1. The highest BCUT2D eigenvalue weighted by Crippen LogP contribution is 2.26. The number of hydrogen-bond donors (Lipinski definition) is 0. The fraction of sp³-hybridized carbons (Fsp3) is 0.391. The third-order valence-corrected chi connectivity index (χ3v) is 13.2. The van der Waals surface area contributed by atoms with Gasteiger partial charge in [-0.25, -0.2) is 0 Å². The van der Waals surface area contributed by atoms with Crippen molar-refractivity contribution < 1.29 is 8.85 Å². The van der Waals surface area contributed by atoms with Crippen molar-refractivity contribution in [3.63, 3.8) is 0 Å². The van der Waals surface area contributed by atoms with Crippen molar-refractivity contribution in [3.05, 3.63) is 66.2 Å². The Kier molecular flexibility index (Phi) is 6.08. The van der Waals surface area contributed by atoms with E-state index in [0.29, 0.717) is 0 Å². The van der Waals surface area contributed by atoms with Crippen LogP contribution in [0.25, 0.3) is 6.08 Å². The summed E-state index contributed by atoms with van der Waals surface area (Å²) >= 11 is 0. The topological polar surface area (TPSA) is 18.5 Å². The summed E-state index contributed by atoms with van der Waals surface area (Å²) in [7, 11) is -3.37. The van der Waals surface area contributed by atoms with Gasteiger partial charge in [0.2, 0.25) is 0 Å². The van der Waals surface area contributed by atoms with Crippen molar-refractivity contribution >= 4 is 33.8 Å². The second-order valence-electron chi connectivity index (χ2n) is 7.77. The molecule has 2 nitrogen and oxygen atoms in total. The average Bonchev–Trinajstić information content (AvgIpc) is 2.75. The summed E-state index contributed by atoms with van der Waals surface area (Å²) in [5.41, 5.74) is 2.73. The van der Waals surface area contributed by atoms with E-state index in [9.17, 15) is 0 Å². The van der Waals surface area contributed by atoms with Gasteiger partial charge in [-0.15, -0.1) is 0 Å². The van der Waals surface area contributed by atoms with Crippen LogP contribution in [0.3, 0.4) is 0 Å². The molecule has 0 aromatic heterocycles. The maximum Gasteiger partial charge on any atom is 0.256 e. The molecule has 0 spiro atoms. The second kappa shape index (κ2) is 8.69. The molecule has 0 saturated carbocycles. The van der Waals surface area contributed by atoms with Crippen LogP contribution in [0.2, 0.25) is 12.1 Å². The maximum atomic E-state index is 6.78. The minimum absolute atomic E-state index is 0.878. The van der Waals surface area contributed by atoms with Crippen LogP contribution in [0.4, 0.5) is 0 Å². The van der Waals surface area contributed by atoms with E-state index in [2.05, 4.69) is 55.1 Å². The molecule has 2 saturated heterocycles. The molecule has 2 atom stereocenters. The van der Waals surface area contributed by atoms with Crippen LogP contribution in [-0.2, 0) is 14.9 Å². The molecule has 2 unspecified atom stereocenters. The SMILES string of the molecule is C=Cc1ccccc1[Si]1(c2ccccc2C[SiH]2CCCCO2)CCCCO1. The lowest BCUT2D eigenvalue weighted by molar-refractivity contribution is 0.283. The molecular formula is C23H30O2Si2. The maximum absolute atomic E-state index is 6.78. The standard InChI is InChI=1S/C23H30O2Si2/c1-2-20-11-3-5-13-22(20)27(18-10-8-16-25-27)23-14-6-4-12-21(23)19-26-17-9-7-15-24-26/h2-6,11-14,26H,1,7-10,15-19H2. The van der Waals surface area contributed by atoms with E-state index < -0.39 is 17.4 Å². The van der Waals surface area contributed by atoms with E-state index in [1.165, 1.54) is 59.3 Å². The van der Waals surface area contributed by atoms with Crippen molar-refractivity contribution in [1.82, 2.24) is 0 Å². The van der Waals surface area contributed by atoms with Crippen molar-refractivity contribution in [2.24, 2.45) is 0 Å². The Bertz CT molecular complexity index is 777. The Balaban J connectivity index is 1.78. The molecule has 2 aliphatic heterocycles. The van der Waals surface area contributed by atoms with E-state index in [0.717, 1.165) is 19.3 Å². The zero-order valence-corrected chi connectivity index (χ0v) is 18.3. The molecule has 0 bridgehead atoms. The van der Waals surface area contributed by atoms with Crippen LogP contribution in [-0.4, -0.2) is 30.6 Å². The van der Waals surface area contributed by atoms with Gasteiger partial charge < -0.3 is 8.85 Å². The van der Waals surface area contributed by atoms with Gasteiger partial charge in [0.1, 0.15) is 0 Å². The van der Waals surface area contributed by atoms with Gasteiger partial charge in [-0.3, -0.25) is 0 Å². The first-order valence-corrected chi connectivity index (χ1v) is 14.6.